The van der Waals surface area contributed by atoms with E-state index in [1.807, 2.05) is 0 Å². The van der Waals surface area contributed by atoms with Crippen LogP contribution in [-0.2, 0) is 4.74 Å². The number of unbranched alkanes of at least 4 members (excludes halogenated alkanes) is 9. The zero-order valence-corrected chi connectivity index (χ0v) is 15.2. The van der Waals surface area contributed by atoms with Gasteiger partial charge in [-0.2, -0.15) is 0 Å². The molecule has 128 valence electrons. The molecule has 0 aromatic heterocycles. The molecule has 21 heavy (non-hydrogen) atoms. The normalized spacial score (nSPS) is 14.6. The molecule has 2 nitrogen and oxygen atoms in total. The third kappa shape index (κ3) is 12.2. The lowest BCUT2D eigenvalue weighted by Gasteiger charge is -2.27. The van der Waals surface area contributed by atoms with Crippen molar-refractivity contribution in [3.8, 4) is 0 Å². The van der Waals surface area contributed by atoms with Crippen LogP contribution in [0, 0.1) is 5.92 Å². The van der Waals surface area contributed by atoms with Gasteiger partial charge >= 0.3 is 0 Å². The summed E-state index contributed by atoms with van der Waals surface area (Å²) in [5.74, 6) is 0.517. The van der Waals surface area contributed by atoms with Crippen molar-refractivity contribution < 1.29 is 4.74 Å². The van der Waals surface area contributed by atoms with Crippen molar-refractivity contribution in [2.45, 2.75) is 110 Å². The smallest absolute Gasteiger partial charge is 0.0748 e. The Kier molecular flexibility index (Phi) is 14.8. The molecule has 0 heterocycles. The standard InChI is InChI=1S/C19H41NO/c1-5-7-8-9-10-11-12-13-14-15-16-18(20)19(17(3)4)21-6-2/h17-19H,5-16,20H2,1-4H3. The maximum absolute atomic E-state index is 6.29. The Morgan fingerprint density at radius 2 is 1.24 bits per heavy atom. The van der Waals surface area contributed by atoms with Crippen LogP contribution < -0.4 is 5.73 Å². The SMILES string of the molecule is CCCCCCCCCCCCC(N)C(OCC)C(C)C. The highest BCUT2D eigenvalue weighted by Crippen LogP contribution is 2.16. The first-order valence-electron chi connectivity index (χ1n) is 9.50. The van der Waals surface area contributed by atoms with Crippen molar-refractivity contribution >= 4 is 0 Å². The molecule has 0 rings (SSSR count). The highest BCUT2D eigenvalue weighted by molar-refractivity contribution is 4.76. The first-order chi connectivity index (χ1) is 10.1. The third-order valence-electron chi connectivity index (χ3n) is 4.33. The fraction of sp³-hybridized carbons (Fsp3) is 1.00. The molecule has 0 aliphatic heterocycles. The van der Waals surface area contributed by atoms with Crippen LogP contribution in [0.5, 0.6) is 0 Å². The second kappa shape index (κ2) is 14.8. The monoisotopic (exact) mass is 299 g/mol. The Morgan fingerprint density at radius 3 is 1.67 bits per heavy atom. The molecule has 0 saturated carbocycles. The zero-order valence-electron chi connectivity index (χ0n) is 15.2. The summed E-state index contributed by atoms with van der Waals surface area (Å²) in [6.07, 6.45) is 15.2. The van der Waals surface area contributed by atoms with Gasteiger partial charge in [0.05, 0.1) is 6.10 Å². The number of hydrogen-bond donors (Lipinski definition) is 1. The Morgan fingerprint density at radius 1 is 0.762 bits per heavy atom. The van der Waals surface area contributed by atoms with Crippen LogP contribution in [0.25, 0.3) is 0 Å². The highest BCUT2D eigenvalue weighted by Gasteiger charge is 2.20. The van der Waals surface area contributed by atoms with Gasteiger partial charge in [-0.1, -0.05) is 85.0 Å². The molecule has 0 aromatic carbocycles. The molecule has 0 aliphatic carbocycles. The topological polar surface area (TPSA) is 35.2 Å². The quantitative estimate of drug-likeness (QED) is 0.394. The van der Waals surface area contributed by atoms with Gasteiger partial charge in [-0.3, -0.25) is 0 Å². The van der Waals surface area contributed by atoms with Gasteiger partial charge in [-0.05, 0) is 19.3 Å². The van der Waals surface area contributed by atoms with Gasteiger partial charge in [0.2, 0.25) is 0 Å². The van der Waals surface area contributed by atoms with Crippen LogP contribution in [0.4, 0.5) is 0 Å². The van der Waals surface area contributed by atoms with Crippen molar-refractivity contribution in [3.05, 3.63) is 0 Å². The van der Waals surface area contributed by atoms with E-state index < -0.39 is 0 Å². The summed E-state index contributed by atoms with van der Waals surface area (Å²) in [4.78, 5) is 0. The maximum Gasteiger partial charge on any atom is 0.0748 e. The largest absolute Gasteiger partial charge is 0.377 e. The average molecular weight is 300 g/mol. The Bertz CT molecular complexity index is 206. The Balaban J connectivity index is 3.44. The number of nitrogens with two attached hydrogens (primary N) is 1. The lowest BCUT2D eigenvalue weighted by molar-refractivity contribution is 0.0103. The first kappa shape index (κ1) is 20.9. The summed E-state index contributed by atoms with van der Waals surface area (Å²) in [5, 5.41) is 0. The van der Waals surface area contributed by atoms with E-state index in [1.54, 1.807) is 0 Å². The zero-order chi connectivity index (χ0) is 15.9. The fourth-order valence-electron chi connectivity index (χ4n) is 3.03. The van der Waals surface area contributed by atoms with Crippen LogP contribution in [0.15, 0.2) is 0 Å². The van der Waals surface area contributed by atoms with Gasteiger partial charge in [0.25, 0.3) is 0 Å². The predicted octanol–water partition coefficient (Wildman–Crippen LogP) is 5.69. The van der Waals surface area contributed by atoms with Gasteiger partial charge in [0.15, 0.2) is 0 Å². The van der Waals surface area contributed by atoms with Gasteiger partial charge in [0, 0.05) is 12.6 Å². The molecule has 2 N–H and O–H groups in total. The van der Waals surface area contributed by atoms with Crippen LogP contribution in [0.3, 0.4) is 0 Å². The predicted molar refractivity (Wildman–Crippen MR) is 94.7 cm³/mol. The van der Waals surface area contributed by atoms with E-state index in [9.17, 15) is 0 Å². The minimum absolute atomic E-state index is 0.207. The minimum atomic E-state index is 0.207. The van der Waals surface area contributed by atoms with E-state index in [0.29, 0.717) is 5.92 Å². The minimum Gasteiger partial charge on any atom is -0.377 e. The summed E-state index contributed by atoms with van der Waals surface area (Å²) >= 11 is 0. The lowest BCUT2D eigenvalue weighted by Crippen LogP contribution is -2.40. The molecule has 0 aliphatic rings. The van der Waals surface area contributed by atoms with Crippen molar-refractivity contribution in [1.29, 1.82) is 0 Å². The van der Waals surface area contributed by atoms with E-state index in [-0.39, 0.29) is 12.1 Å². The maximum atomic E-state index is 6.29. The van der Waals surface area contributed by atoms with Crippen LogP contribution in [0.1, 0.15) is 98.3 Å². The second-order valence-electron chi connectivity index (χ2n) is 6.80. The number of hydrogen-bond acceptors (Lipinski definition) is 2. The summed E-state index contributed by atoms with van der Waals surface area (Å²) in [6.45, 7) is 9.52. The summed E-state index contributed by atoms with van der Waals surface area (Å²) < 4.78 is 5.78. The van der Waals surface area contributed by atoms with Crippen LogP contribution in [-0.4, -0.2) is 18.8 Å². The molecule has 0 aromatic rings. The molecule has 2 unspecified atom stereocenters. The van der Waals surface area contributed by atoms with E-state index in [2.05, 4.69) is 27.7 Å². The molecule has 0 spiro atoms. The second-order valence-corrected chi connectivity index (χ2v) is 6.80. The molecule has 2 atom stereocenters. The van der Waals surface area contributed by atoms with Crippen LogP contribution in [0.2, 0.25) is 0 Å². The molecule has 2 heteroatoms. The van der Waals surface area contributed by atoms with Crippen molar-refractivity contribution in [1.82, 2.24) is 0 Å². The summed E-state index contributed by atoms with van der Waals surface area (Å²) in [7, 11) is 0. The van der Waals surface area contributed by atoms with E-state index in [0.717, 1.165) is 13.0 Å². The number of rotatable bonds is 15. The van der Waals surface area contributed by atoms with Crippen molar-refractivity contribution in [2.75, 3.05) is 6.61 Å². The Hall–Kier alpha value is -0.0800. The molecule has 0 radical (unpaired) electrons. The van der Waals surface area contributed by atoms with Gasteiger partial charge in [0.1, 0.15) is 0 Å². The molecular weight excluding hydrogens is 258 g/mol. The van der Waals surface area contributed by atoms with Crippen molar-refractivity contribution in [3.63, 3.8) is 0 Å². The summed E-state index contributed by atoms with van der Waals surface area (Å²) in [6, 6.07) is 0.207. The van der Waals surface area contributed by atoms with E-state index in [4.69, 9.17) is 10.5 Å². The molecule has 0 bridgehead atoms. The fourth-order valence-corrected chi connectivity index (χ4v) is 3.03. The van der Waals surface area contributed by atoms with Gasteiger partial charge < -0.3 is 10.5 Å². The number of ether oxygens (including phenoxy) is 1. The molecule has 0 saturated heterocycles. The third-order valence-corrected chi connectivity index (χ3v) is 4.33. The van der Waals surface area contributed by atoms with Gasteiger partial charge in [-0.15, -0.1) is 0 Å². The van der Waals surface area contributed by atoms with E-state index in [1.165, 1.54) is 64.2 Å². The first-order valence-corrected chi connectivity index (χ1v) is 9.50. The Labute approximate surface area is 134 Å². The highest BCUT2D eigenvalue weighted by atomic mass is 16.5. The van der Waals surface area contributed by atoms with Gasteiger partial charge in [-0.25, -0.2) is 0 Å². The molecular formula is C19H41NO. The van der Waals surface area contributed by atoms with E-state index >= 15 is 0 Å². The van der Waals surface area contributed by atoms with Crippen LogP contribution >= 0.6 is 0 Å². The molecule has 0 fully saturated rings. The van der Waals surface area contributed by atoms with Crippen molar-refractivity contribution in [2.24, 2.45) is 11.7 Å². The lowest BCUT2D eigenvalue weighted by atomic mass is 9.95. The molecule has 0 amide bonds. The average Bonchev–Trinajstić information content (AvgIpc) is 2.46. The summed E-state index contributed by atoms with van der Waals surface area (Å²) in [5.41, 5.74) is 6.29.